The average Bonchev–Trinajstić information content (AvgIpc) is 2.52. The first-order valence-electron chi connectivity index (χ1n) is 7.52. The van der Waals surface area contributed by atoms with E-state index in [-0.39, 0.29) is 16.6 Å². The highest BCUT2D eigenvalue weighted by Gasteiger charge is 2.34. The van der Waals surface area contributed by atoms with Crippen LogP contribution in [0.1, 0.15) is 27.2 Å². The largest absolute Gasteiger partial charge is 0.298 e. The Morgan fingerprint density at radius 2 is 1.87 bits per heavy atom. The van der Waals surface area contributed by atoms with Crippen LogP contribution in [0.25, 0.3) is 0 Å². The Balaban J connectivity index is 2.37. The molecule has 0 bridgehead atoms. The van der Waals surface area contributed by atoms with Crippen LogP contribution in [-0.4, -0.2) is 16.9 Å². The lowest BCUT2D eigenvalue weighted by molar-refractivity contribution is -0.122. The summed E-state index contributed by atoms with van der Waals surface area (Å²) < 4.78 is 0. The summed E-state index contributed by atoms with van der Waals surface area (Å²) in [4.78, 5) is 26.2. The van der Waals surface area contributed by atoms with Crippen LogP contribution in [0.3, 0.4) is 0 Å². The molecule has 2 amide bonds. The average molecular weight is 351 g/mol. The van der Waals surface area contributed by atoms with Crippen LogP contribution in [0, 0.1) is 11.8 Å². The molecule has 2 unspecified atom stereocenters. The van der Waals surface area contributed by atoms with Crippen LogP contribution in [0.2, 0.25) is 5.02 Å². The number of rotatable bonds is 4. The number of nitrogens with zero attached hydrogens (tertiary/aromatic N) is 1. The van der Waals surface area contributed by atoms with Gasteiger partial charge in [0.25, 0.3) is 11.8 Å². The molecule has 2 atom stereocenters. The molecule has 122 valence electrons. The van der Waals surface area contributed by atoms with Gasteiger partial charge in [0.1, 0.15) is 5.57 Å². The van der Waals surface area contributed by atoms with E-state index in [0.717, 1.165) is 6.42 Å². The summed E-state index contributed by atoms with van der Waals surface area (Å²) >= 11 is 11.0. The number of hydrogen-bond acceptors (Lipinski definition) is 3. The topological polar surface area (TPSA) is 49.4 Å². The maximum absolute atomic E-state index is 12.8. The fraction of sp³-hybridized carbons (Fsp3) is 0.353. The molecule has 0 radical (unpaired) electrons. The van der Waals surface area contributed by atoms with Crippen molar-refractivity contribution in [1.29, 1.82) is 0 Å². The number of carbonyl (C=O) groups excluding carboxylic acids is 2. The van der Waals surface area contributed by atoms with Gasteiger partial charge < -0.3 is 0 Å². The van der Waals surface area contributed by atoms with E-state index in [2.05, 4.69) is 19.2 Å². The van der Waals surface area contributed by atoms with E-state index in [0.29, 0.717) is 16.6 Å². The summed E-state index contributed by atoms with van der Waals surface area (Å²) in [6.45, 7) is 6.17. The van der Waals surface area contributed by atoms with Crippen LogP contribution in [0.4, 0.5) is 5.69 Å². The predicted octanol–water partition coefficient (Wildman–Crippen LogP) is 3.70. The molecule has 4 nitrogen and oxygen atoms in total. The van der Waals surface area contributed by atoms with Crippen molar-refractivity contribution in [2.24, 2.45) is 11.8 Å². The second kappa shape index (κ2) is 7.23. The number of hydrogen-bond donors (Lipinski definition) is 1. The van der Waals surface area contributed by atoms with Crippen molar-refractivity contribution in [3.63, 3.8) is 0 Å². The lowest BCUT2D eigenvalue weighted by atomic mass is 9.91. The molecule has 0 saturated carbocycles. The zero-order valence-electron chi connectivity index (χ0n) is 13.3. The molecule has 1 aromatic rings. The Morgan fingerprint density at radius 1 is 1.26 bits per heavy atom. The van der Waals surface area contributed by atoms with Gasteiger partial charge in [0.15, 0.2) is 5.11 Å². The minimum Gasteiger partial charge on any atom is -0.298 e. The maximum atomic E-state index is 12.8. The molecule has 1 aromatic carbocycles. The minimum absolute atomic E-state index is 0.0793. The van der Waals surface area contributed by atoms with E-state index >= 15 is 0 Å². The van der Waals surface area contributed by atoms with E-state index in [1.807, 2.05) is 6.92 Å². The summed E-state index contributed by atoms with van der Waals surface area (Å²) in [5.74, 6) is -0.360. The van der Waals surface area contributed by atoms with Crippen LogP contribution in [0.15, 0.2) is 35.9 Å². The predicted molar refractivity (Wildman–Crippen MR) is 96.4 cm³/mol. The summed E-state index contributed by atoms with van der Waals surface area (Å²) in [5.41, 5.74) is 0.702. The summed E-state index contributed by atoms with van der Waals surface area (Å²) in [6.07, 6.45) is 2.70. The van der Waals surface area contributed by atoms with Crippen LogP contribution >= 0.6 is 23.8 Å². The molecule has 1 N–H and O–H groups in total. The molecule has 1 saturated heterocycles. The number of benzene rings is 1. The third-order valence-electron chi connectivity index (χ3n) is 4.16. The number of allylic oxidation sites excluding steroid dienone is 1. The highest BCUT2D eigenvalue weighted by molar-refractivity contribution is 7.80. The highest BCUT2D eigenvalue weighted by Crippen LogP contribution is 2.25. The molecule has 6 heteroatoms. The van der Waals surface area contributed by atoms with Crippen LogP contribution in [0.5, 0.6) is 0 Å². The zero-order chi connectivity index (χ0) is 17.1. The normalized spacial score (nSPS) is 19.7. The number of thiocarbonyl (C=S) groups is 1. The number of nitrogens with one attached hydrogen (secondary N) is 1. The van der Waals surface area contributed by atoms with Gasteiger partial charge in [0.2, 0.25) is 0 Å². The first-order chi connectivity index (χ1) is 10.8. The second-order valence-corrected chi connectivity index (χ2v) is 6.52. The van der Waals surface area contributed by atoms with Crippen molar-refractivity contribution >= 4 is 46.4 Å². The molecule has 1 fully saturated rings. The molecule has 0 aliphatic carbocycles. The maximum Gasteiger partial charge on any atom is 0.269 e. The van der Waals surface area contributed by atoms with E-state index in [1.165, 1.54) is 4.90 Å². The lowest BCUT2D eigenvalue weighted by Gasteiger charge is -2.29. The van der Waals surface area contributed by atoms with Crippen molar-refractivity contribution < 1.29 is 9.59 Å². The van der Waals surface area contributed by atoms with Crippen molar-refractivity contribution in [2.45, 2.75) is 27.2 Å². The molecule has 1 aliphatic rings. The molecular weight excluding hydrogens is 332 g/mol. The van der Waals surface area contributed by atoms with Gasteiger partial charge in [-0.2, -0.15) is 0 Å². The SMILES string of the molecule is CCC(C)C(C)/C=C1/C(=O)NC(=S)N(c2ccc(Cl)cc2)C1=O. The zero-order valence-corrected chi connectivity index (χ0v) is 14.9. The number of anilines is 1. The summed E-state index contributed by atoms with van der Waals surface area (Å²) in [7, 11) is 0. The van der Waals surface area contributed by atoms with Gasteiger partial charge in [-0.15, -0.1) is 0 Å². The van der Waals surface area contributed by atoms with Crippen molar-refractivity contribution in [3.8, 4) is 0 Å². The van der Waals surface area contributed by atoms with E-state index in [1.54, 1.807) is 30.3 Å². The Morgan fingerprint density at radius 3 is 2.43 bits per heavy atom. The van der Waals surface area contributed by atoms with Crippen LogP contribution in [-0.2, 0) is 9.59 Å². The van der Waals surface area contributed by atoms with Gasteiger partial charge in [-0.3, -0.25) is 19.8 Å². The monoisotopic (exact) mass is 350 g/mol. The van der Waals surface area contributed by atoms with Crippen molar-refractivity contribution in [3.05, 3.63) is 40.9 Å². The van der Waals surface area contributed by atoms with Gasteiger partial charge >= 0.3 is 0 Å². The quantitative estimate of drug-likeness (QED) is 0.511. The van der Waals surface area contributed by atoms with Crippen LogP contribution < -0.4 is 10.2 Å². The molecule has 23 heavy (non-hydrogen) atoms. The number of carbonyl (C=O) groups is 2. The van der Waals surface area contributed by atoms with Gasteiger partial charge in [-0.25, -0.2) is 0 Å². The highest BCUT2D eigenvalue weighted by atomic mass is 35.5. The summed E-state index contributed by atoms with van der Waals surface area (Å²) in [5, 5.41) is 3.23. The first kappa shape index (κ1) is 17.6. The van der Waals surface area contributed by atoms with Gasteiger partial charge in [0.05, 0.1) is 5.69 Å². The number of amides is 2. The molecule has 2 rings (SSSR count). The Labute approximate surface area is 146 Å². The summed E-state index contributed by atoms with van der Waals surface area (Å²) in [6, 6.07) is 6.74. The fourth-order valence-electron chi connectivity index (χ4n) is 2.30. The third-order valence-corrected chi connectivity index (χ3v) is 4.69. The van der Waals surface area contributed by atoms with Gasteiger partial charge in [0, 0.05) is 5.02 Å². The Bertz CT molecular complexity index is 670. The molecule has 1 aliphatic heterocycles. The third kappa shape index (κ3) is 3.79. The first-order valence-corrected chi connectivity index (χ1v) is 8.31. The molecule has 1 heterocycles. The van der Waals surface area contributed by atoms with Gasteiger partial charge in [-0.1, -0.05) is 44.9 Å². The Kier molecular flexibility index (Phi) is 5.55. The smallest absolute Gasteiger partial charge is 0.269 e. The molecule has 0 spiro atoms. The standard InChI is InChI=1S/C17H19ClN2O2S/c1-4-10(2)11(3)9-14-15(21)19-17(23)20(16(14)22)13-7-5-12(18)6-8-13/h5-11H,4H2,1-3H3,(H,19,21,23)/b14-9-. The van der Waals surface area contributed by atoms with Crippen molar-refractivity contribution in [2.75, 3.05) is 4.90 Å². The molecule has 0 aromatic heterocycles. The number of halogens is 1. The lowest BCUT2D eigenvalue weighted by Crippen LogP contribution is -2.54. The van der Waals surface area contributed by atoms with Crippen molar-refractivity contribution in [1.82, 2.24) is 5.32 Å². The molecular formula is C17H19ClN2O2S. The fourth-order valence-corrected chi connectivity index (χ4v) is 2.71. The van der Waals surface area contributed by atoms with E-state index in [9.17, 15) is 9.59 Å². The second-order valence-electron chi connectivity index (χ2n) is 5.70. The minimum atomic E-state index is -0.444. The Hall–Kier alpha value is -1.72. The van der Waals surface area contributed by atoms with E-state index in [4.69, 9.17) is 23.8 Å². The van der Waals surface area contributed by atoms with Gasteiger partial charge in [-0.05, 0) is 48.3 Å². The van der Waals surface area contributed by atoms with E-state index < -0.39 is 11.8 Å².